The minimum absolute atomic E-state index is 0.0459. The molecule has 3 aliphatic rings. The van der Waals surface area contributed by atoms with E-state index in [0.717, 1.165) is 44.8 Å². The number of nitrogens with zero attached hydrogens (tertiary/aromatic N) is 3. The fraction of sp³-hybridized carbons (Fsp3) is 0.700. The highest BCUT2D eigenvalue weighted by atomic mass is 16.5. The van der Waals surface area contributed by atoms with Crippen molar-refractivity contribution in [2.24, 2.45) is 17.3 Å². The fourth-order valence-corrected chi connectivity index (χ4v) is 6.10. The highest BCUT2D eigenvalue weighted by molar-refractivity contribution is 5.99. The van der Waals surface area contributed by atoms with Crippen molar-refractivity contribution in [3.63, 3.8) is 0 Å². The van der Waals surface area contributed by atoms with Crippen molar-refractivity contribution in [2.45, 2.75) is 72.6 Å². The Morgan fingerprint density at radius 2 is 1.74 bits per heavy atom. The lowest BCUT2D eigenvalue weighted by molar-refractivity contribution is -0.139. The van der Waals surface area contributed by atoms with Crippen LogP contribution in [0.25, 0.3) is 0 Å². The Kier molecular flexibility index (Phi) is 8.82. The second-order valence-electron chi connectivity index (χ2n) is 12.4. The molecule has 0 radical (unpaired) electrons. The molecule has 3 saturated heterocycles. The van der Waals surface area contributed by atoms with E-state index in [1.165, 1.54) is 6.42 Å². The summed E-state index contributed by atoms with van der Waals surface area (Å²) < 4.78 is 5.87. The van der Waals surface area contributed by atoms with Crippen molar-refractivity contribution in [1.29, 1.82) is 0 Å². The van der Waals surface area contributed by atoms with Crippen molar-refractivity contribution in [1.82, 2.24) is 15.1 Å². The van der Waals surface area contributed by atoms with Gasteiger partial charge in [0.25, 0.3) is 5.91 Å². The van der Waals surface area contributed by atoms with Crippen LogP contribution in [0.5, 0.6) is 0 Å². The summed E-state index contributed by atoms with van der Waals surface area (Å²) in [5, 5.41) is 3.03. The van der Waals surface area contributed by atoms with Gasteiger partial charge in [-0.15, -0.1) is 0 Å². The Morgan fingerprint density at radius 3 is 2.32 bits per heavy atom. The van der Waals surface area contributed by atoms with Crippen molar-refractivity contribution in [3.8, 4) is 0 Å². The first-order valence-electron chi connectivity index (χ1n) is 14.4. The molecule has 0 saturated carbocycles. The van der Waals surface area contributed by atoms with Crippen molar-refractivity contribution in [3.05, 3.63) is 29.8 Å². The first-order chi connectivity index (χ1) is 18.0. The standard InChI is InChI=1S/C30H46N4O4/c1-7-13-32-14-16-33(17-15-32)22-11-9-21(10-12-22)28(36)31-25(20(3)8-2)29(37)34-18-23(30(4,5)6)27-26(34)24(35)19-38-27/h9-12,20,23,25-27H,7-8,13-19H2,1-6H3,(H,31,36)/t20-,23-,25-,26+,27+/m0/s1. The lowest BCUT2D eigenvalue weighted by Gasteiger charge is -2.36. The lowest BCUT2D eigenvalue weighted by Crippen LogP contribution is -2.54. The van der Waals surface area contributed by atoms with E-state index in [-0.39, 0.29) is 47.6 Å². The molecule has 3 fully saturated rings. The minimum atomic E-state index is -0.702. The van der Waals surface area contributed by atoms with E-state index in [1.54, 1.807) is 4.90 Å². The van der Waals surface area contributed by atoms with Gasteiger partial charge in [0.1, 0.15) is 18.7 Å². The van der Waals surface area contributed by atoms with Gasteiger partial charge in [-0.25, -0.2) is 0 Å². The molecule has 1 aromatic carbocycles. The van der Waals surface area contributed by atoms with Crippen molar-refractivity contribution in [2.75, 3.05) is 50.8 Å². The molecule has 0 spiro atoms. The molecular weight excluding hydrogens is 480 g/mol. The van der Waals surface area contributed by atoms with Gasteiger partial charge in [-0.3, -0.25) is 19.3 Å². The number of fused-ring (bicyclic) bond motifs is 1. The lowest BCUT2D eigenvalue weighted by atomic mass is 9.78. The van der Waals surface area contributed by atoms with E-state index >= 15 is 0 Å². The summed E-state index contributed by atoms with van der Waals surface area (Å²) in [5.74, 6) is -0.507. The van der Waals surface area contributed by atoms with Gasteiger partial charge in [0.05, 0.1) is 6.10 Å². The topological polar surface area (TPSA) is 82.2 Å². The summed E-state index contributed by atoms with van der Waals surface area (Å²) >= 11 is 0. The normalized spacial score (nSPS) is 25.8. The Bertz CT molecular complexity index is 997. The number of anilines is 1. The average Bonchev–Trinajstić information content (AvgIpc) is 3.47. The Labute approximate surface area is 228 Å². The quantitative estimate of drug-likeness (QED) is 0.560. The van der Waals surface area contributed by atoms with Gasteiger partial charge in [0, 0.05) is 49.9 Å². The number of carbonyl (C=O) groups is 3. The molecule has 3 aliphatic heterocycles. The molecule has 38 heavy (non-hydrogen) atoms. The summed E-state index contributed by atoms with van der Waals surface area (Å²) in [6.45, 7) is 18.3. The number of hydrogen-bond donors (Lipinski definition) is 1. The van der Waals surface area contributed by atoms with Crippen LogP contribution in [-0.4, -0.2) is 91.5 Å². The maximum atomic E-state index is 13.9. The van der Waals surface area contributed by atoms with Gasteiger partial charge >= 0.3 is 0 Å². The predicted octanol–water partition coefficient (Wildman–Crippen LogP) is 3.20. The minimum Gasteiger partial charge on any atom is -0.369 e. The van der Waals surface area contributed by atoms with Gasteiger partial charge < -0.3 is 19.9 Å². The highest BCUT2D eigenvalue weighted by Crippen LogP contribution is 2.42. The molecule has 5 atom stereocenters. The fourth-order valence-electron chi connectivity index (χ4n) is 6.10. The molecule has 4 rings (SSSR count). The molecule has 0 aromatic heterocycles. The van der Waals surface area contributed by atoms with Gasteiger partial charge in [-0.1, -0.05) is 48.0 Å². The summed E-state index contributed by atoms with van der Waals surface area (Å²) in [7, 11) is 0. The van der Waals surface area contributed by atoms with Crippen LogP contribution in [0.4, 0.5) is 5.69 Å². The number of carbonyl (C=O) groups excluding carboxylic acids is 3. The number of nitrogens with one attached hydrogen (secondary N) is 1. The summed E-state index contributed by atoms with van der Waals surface area (Å²) in [6.07, 6.45) is 1.62. The molecule has 0 aliphatic carbocycles. The molecule has 2 amide bonds. The third-order valence-corrected chi connectivity index (χ3v) is 8.75. The number of Topliss-reactive ketones (excluding diaryl/α,β-unsaturated/α-hetero) is 1. The monoisotopic (exact) mass is 526 g/mol. The van der Waals surface area contributed by atoms with E-state index in [1.807, 2.05) is 38.1 Å². The SMILES string of the molecule is CCCN1CCN(c2ccc(C(=O)N[C@H](C(=O)N3C[C@H](C(C)(C)C)[C@H]4OCC(=O)[C@H]43)[C@@H](C)CC)cc2)CC1. The number of benzene rings is 1. The third kappa shape index (κ3) is 5.91. The van der Waals surface area contributed by atoms with Gasteiger partial charge in [0.2, 0.25) is 5.91 Å². The van der Waals surface area contributed by atoms with Crippen LogP contribution >= 0.6 is 0 Å². The zero-order chi connectivity index (χ0) is 27.6. The molecule has 0 bridgehead atoms. The highest BCUT2D eigenvalue weighted by Gasteiger charge is 2.56. The van der Waals surface area contributed by atoms with Crippen LogP contribution in [0.1, 0.15) is 64.7 Å². The summed E-state index contributed by atoms with van der Waals surface area (Å²) in [4.78, 5) is 46.5. The van der Waals surface area contributed by atoms with Crippen LogP contribution in [-0.2, 0) is 14.3 Å². The van der Waals surface area contributed by atoms with Crippen LogP contribution in [0, 0.1) is 17.3 Å². The number of rotatable bonds is 8. The second-order valence-corrected chi connectivity index (χ2v) is 12.4. The number of hydrogen-bond acceptors (Lipinski definition) is 6. The Morgan fingerprint density at radius 1 is 1.08 bits per heavy atom. The smallest absolute Gasteiger partial charge is 0.251 e. The predicted molar refractivity (Wildman–Crippen MR) is 149 cm³/mol. The summed E-state index contributed by atoms with van der Waals surface area (Å²) in [5.41, 5.74) is 1.54. The first-order valence-corrected chi connectivity index (χ1v) is 14.4. The van der Waals surface area contributed by atoms with E-state index in [4.69, 9.17) is 4.74 Å². The molecule has 8 heteroatoms. The summed E-state index contributed by atoms with van der Waals surface area (Å²) in [6, 6.07) is 6.42. The van der Waals surface area contributed by atoms with Gasteiger partial charge in [-0.2, -0.15) is 0 Å². The maximum absolute atomic E-state index is 13.9. The van der Waals surface area contributed by atoms with E-state index in [2.05, 4.69) is 42.8 Å². The van der Waals surface area contributed by atoms with Crippen molar-refractivity contribution >= 4 is 23.3 Å². The number of piperazine rings is 1. The van der Waals surface area contributed by atoms with E-state index in [9.17, 15) is 14.4 Å². The number of ether oxygens (including phenoxy) is 1. The number of likely N-dealkylation sites (tertiary alicyclic amines) is 1. The molecule has 8 nitrogen and oxygen atoms in total. The largest absolute Gasteiger partial charge is 0.369 e. The molecule has 1 N–H and O–H groups in total. The molecule has 1 aromatic rings. The zero-order valence-corrected chi connectivity index (χ0v) is 24.0. The number of amides is 2. The van der Waals surface area contributed by atoms with Crippen LogP contribution in [0.2, 0.25) is 0 Å². The molecule has 210 valence electrons. The van der Waals surface area contributed by atoms with Crippen LogP contribution in [0.15, 0.2) is 24.3 Å². The molecule has 3 heterocycles. The van der Waals surface area contributed by atoms with Crippen LogP contribution < -0.4 is 10.2 Å². The second kappa shape index (κ2) is 11.7. The first kappa shape index (κ1) is 28.6. The Hall–Kier alpha value is -2.45. The third-order valence-electron chi connectivity index (χ3n) is 8.75. The number of ketones is 1. The van der Waals surface area contributed by atoms with E-state index in [0.29, 0.717) is 12.1 Å². The molecular formula is C30H46N4O4. The molecule has 0 unspecified atom stereocenters. The van der Waals surface area contributed by atoms with Gasteiger partial charge in [0.15, 0.2) is 5.78 Å². The van der Waals surface area contributed by atoms with Crippen molar-refractivity contribution < 1.29 is 19.1 Å². The Balaban J connectivity index is 1.45. The average molecular weight is 527 g/mol. The zero-order valence-electron chi connectivity index (χ0n) is 24.0. The van der Waals surface area contributed by atoms with Gasteiger partial charge in [-0.05, 0) is 48.6 Å². The van der Waals surface area contributed by atoms with E-state index < -0.39 is 12.1 Å². The van der Waals surface area contributed by atoms with Crippen LogP contribution in [0.3, 0.4) is 0 Å². The maximum Gasteiger partial charge on any atom is 0.251 e.